The van der Waals surface area contributed by atoms with Gasteiger partial charge >= 0.3 is 5.97 Å². The molecule has 2 unspecified atom stereocenters. The Morgan fingerprint density at radius 2 is 2.19 bits per heavy atom. The quantitative estimate of drug-likeness (QED) is 0.546. The summed E-state index contributed by atoms with van der Waals surface area (Å²) in [6.45, 7) is 0. The summed E-state index contributed by atoms with van der Waals surface area (Å²) in [7, 11) is 1.38. The number of hydrogen-bond donors (Lipinski definition) is 1. The molecule has 0 aromatic heterocycles. The summed E-state index contributed by atoms with van der Waals surface area (Å²) in [6.07, 6.45) is 6.00. The number of unbranched alkanes of at least 4 members (excludes halogenated alkanes) is 2. The predicted molar refractivity (Wildman–Crippen MR) is 58.7 cm³/mol. The van der Waals surface area contributed by atoms with Crippen LogP contribution in [0.5, 0.6) is 0 Å². The van der Waals surface area contributed by atoms with E-state index >= 15 is 0 Å². The molecule has 2 atom stereocenters. The van der Waals surface area contributed by atoms with Crippen molar-refractivity contribution < 1.29 is 19.4 Å². The first-order valence-corrected chi connectivity index (χ1v) is 5.62. The number of hydrogen-bond acceptors (Lipinski definition) is 4. The van der Waals surface area contributed by atoms with Crippen LogP contribution in [0.1, 0.15) is 32.1 Å². The highest BCUT2D eigenvalue weighted by Gasteiger charge is 2.27. The Morgan fingerprint density at radius 3 is 2.75 bits per heavy atom. The Morgan fingerprint density at radius 1 is 1.44 bits per heavy atom. The van der Waals surface area contributed by atoms with Crippen LogP contribution in [0.4, 0.5) is 0 Å². The molecule has 1 aliphatic rings. The largest absolute Gasteiger partial charge is 0.469 e. The smallest absolute Gasteiger partial charge is 0.305 e. The topological polar surface area (TPSA) is 63.6 Å². The standard InChI is InChI=1S/C12H18O4/c1-16-12(15)6-4-2-3-5-9-10(13)7-8-11(9)14/h7-10,13H,2-6H2,1H3. The average Bonchev–Trinajstić information content (AvgIpc) is 2.59. The lowest BCUT2D eigenvalue weighted by molar-refractivity contribution is -0.140. The van der Waals surface area contributed by atoms with Crippen LogP contribution < -0.4 is 0 Å². The van der Waals surface area contributed by atoms with Crippen molar-refractivity contribution in [1.82, 2.24) is 0 Å². The van der Waals surface area contributed by atoms with Crippen molar-refractivity contribution in [2.24, 2.45) is 5.92 Å². The maximum absolute atomic E-state index is 11.3. The molecule has 1 rings (SSSR count). The van der Waals surface area contributed by atoms with Crippen molar-refractivity contribution in [3.8, 4) is 0 Å². The van der Waals surface area contributed by atoms with Crippen LogP contribution in [0, 0.1) is 5.92 Å². The highest BCUT2D eigenvalue weighted by atomic mass is 16.5. The number of aliphatic hydroxyl groups is 1. The molecule has 0 radical (unpaired) electrons. The molecule has 1 aliphatic carbocycles. The maximum atomic E-state index is 11.3. The third-order valence-corrected chi connectivity index (χ3v) is 2.86. The number of ketones is 1. The van der Waals surface area contributed by atoms with Crippen molar-refractivity contribution >= 4 is 11.8 Å². The van der Waals surface area contributed by atoms with E-state index in [0.717, 1.165) is 19.3 Å². The van der Waals surface area contributed by atoms with Crippen LogP contribution >= 0.6 is 0 Å². The van der Waals surface area contributed by atoms with E-state index in [2.05, 4.69) is 4.74 Å². The fraction of sp³-hybridized carbons (Fsp3) is 0.667. The van der Waals surface area contributed by atoms with Crippen LogP contribution in [-0.4, -0.2) is 30.1 Å². The molecule has 0 amide bonds. The summed E-state index contributed by atoms with van der Waals surface area (Å²) in [6, 6.07) is 0. The van der Waals surface area contributed by atoms with Gasteiger partial charge in [0.25, 0.3) is 0 Å². The molecule has 0 aromatic carbocycles. The normalized spacial score (nSPS) is 23.8. The summed E-state index contributed by atoms with van der Waals surface area (Å²) >= 11 is 0. The van der Waals surface area contributed by atoms with Crippen LogP contribution in [0.15, 0.2) is 12.2 Å². The van der Waals surface area contributed by atoms with Crippen LogP contribution in [0.3, 0.4) is 0 Å². The van der Waals surface area contributed by atoms with Crippen molar-refractivity contribution in [3.05, 3.63) is 12.2 Å². The fourth-order valence-electron chi connectivity index (χ4n) is 1.84. The van der Waals surface area contributed by atoms with E-state index in [1.54, 1.807) is 6.08 Å². The Balaban J connectivity index is 2.08. The van der Waals surface area contributed by atoms with Gasteiger partial charge in [0, 0.05) is 6.42 Å². The minimum Gasteiger partial charge on any atom is -0.469 e. The summed E-state index contributed by atoms with van der Waals surface area (Å²) in [4.78, 5) is 22.1. The lowest BCUT2D eigenvalue weighted by atomic mass is 9.96. The summed E-state index contributed by atoms with van der Waals surface area (Å²) in [5.74, 6) is -0.447. The molecule has 0 saturated heterocycles. The zero-order chi connectivity index (χ0) is 12.0. The zero-order valence-corrected chi connectivity index (χ0v) is 9.52. The van der Waals surface area contributed by atoms with Gasteiger partial charge < -0.3 is 9.84 Å². The SMILES string of the molecule is COC(=O)CCCCCC1C(=O)C=CC1O. The Bertz CT molecular complexity index is 283. The molecule has 4 heteroatoms. The van der Waals surface area contributed by atoms with Crippen molar-refractivity contribution in [1.29, 1.82) is 0 Å². The molecule has 4 nitrogen and oxygen atoms in total. The van der Waals surface area contributed by atoms with E-state index in [9.17, 15) is 14.7 Å². The molecule has 0 aromatic rings. The first-order valence-electron chi connectivity index (χ1n) is 5.62. The van der Waals surface area contributed by atoms with Crippen molar-refractivity contribution in [3.63, 3.8) is 0 Å². The number of esters is 1. The van der Waals surface area contributed by atoms with E-state index in [1.165, 1.54) is 13.2 Å². The van der Waals surface area contributed by atoms with Crippen molar-refractivity contribution in [2.45, 2.75) is 38.2 Å². The molecule has 0 heterocycles. The average molecular weight is 226 g/mol. The molecule has 0 spiro atoms. The van der Waals surface area contributed by atoms with Gasteiger partial charge in [-0.25, -0.2) is 0 Å². The van der Waals surface area contributed by atoms with Gasteiger partial charge in [-0.3, -0.25) is 9.59 Å². The zero-order valence-electron chi connectivity index (χ0n) is 9.52. The monoisotopic (exact) mass is 226 g/mol. The van der Waals surface area contributed by atoms with Gasteiger partial charge in [0.15, 0.2) is 5.78 Å². The number of aliphatic hydroxyl groups excluding tert-OH is 1. The second-order valence-corrected chi connectivity index (χ2v) is 4.03. The van der Waals surface area contributed by atoms with E-state index in [0.29, 0.717) is 12.8 Å². The molecule has 90 valence electrons. The second kappa shape index (κ2) is 6.43. The molecule has 0 fully saturated rings. The van der Waals surface area contributed by atoms with E-state index in [1.807, 2.05) is 0 Å². The number of rotatable bonds is 6. The first-order chi connectivity index (χ1) is 7.65. The van der Waals surface area contributed by atoms with Gasteiger partial charge in [-0.15, -0.1) is 0 Å². The molecule has 16 heavy (non-hydrogen) atoms. The number of allylic oxidation sites excluding steroid dienone is 1. The fourth-order valence-corrected chi connectivity index (χ4v) is 1.84. The number of ether oxygens (including phenoxy) is 1. The molecule has 0 aliphatic heterocycles. The summed E-state index contributed by atoms with van der Waals surface area (Å²) in [5.41, 5.74) is 0. The Kier molecular flexibility index (Phi) is 5.19. The highest BCUT2D eigenvalue weighted by Crippen LogP contribution is 2.21. The molecule has 1 N–H and O–H groups in total. The minimum absolute atomic E-state index is 0.0143. The Labute approximate surface area is 95.3 Å². The van der Waals surface area contributed by atoms with Gasteiger partial charge in [0.2, 0.25) is 0 Å². The van der Waals surface area contributed by atoms with Crippen LogP contribution in [0.25, 0.3) is 0 Å². The highest BCUT2D eigenvalue weighted by molar-refractivity contribution is 5.94. The molecule has 0 bridgehead atoms. The number of carbonyl (C=O) groups excluding carboxylic acids is 2. The molecular formula is C12H18O4. The maximum Gasteiger partial charge on any atom is 0.305 e. The first kappa shape index (κ1) is 12.9. The predicted octanol–water partition coefficient (Wildman–Crippen LogP) is 1.23. The van der Waals surface area contributed by atoms with Gasteiger partial charge in [-0.1, -0.05) is 18.9 Å². The van der Waals surface area contributed by atoms with E-state index in [-0.39, 0.29) is 17.7 Å². The molecule has 0 saturated carbocycles. The van der Waals surface area contributed by atoms with Crippen LogP contribution in [0.2, 0.25) is 0 Å². The van der Waals surface area contributed by atoms with Gasteiger partial charge in [-0.2, -0.15) is 0 Å². The molecular weight excluding hydrogens is 208 g/mol. The summed E-state index contributed by atoms with van der Waals surface area (Å²) < 4.78 is 4.52. The van der Waals surface area contributed by atoms with E-state index < -0.39 is 6.10 Å². The minimum atomic E-state index is -0.617. The third kappa shape index (κ3) is 3.77. The lowest BCUT2D eigenvalue weighted by Crippen LogP contribution is -2.19. The van der Waals surface area contributed by atoms with Gasteiger partial charge in [0.1, 0.15) is 0 Å². The van der Waals surface area contributed by atoms with Crippen molar-refractivity contribution in [2.75, 3.05) is 7.11 Å². The second-order valence-electron chi connectivity index (χ2n) is 4.03. The lowest BCUT2D eigenvalue weighted by Gasteiger charge is -2.12. The van der Waals surface area contributed by atoms with E-state index in [4.69, 9.17) is 0 Å². The third-order valence-electron chi connectivity index (χ3n) is 2.86. The van der Waals surface area contributed by atoms with Gasteiger partial charge in [0.05, 0.1) is 19.1 Å². The number of carbonyl (C=O) groups is 2. The summed E-state index contributed by atoms with van der Waals surface area (Å²) in [5, 5.41) is 9.46. The van der Waals surface area contributed by atoms with Crippen LogP contribution in [-0.2, 0) is 14.3 Å². The number of methoxy groups -OCH3 is 1. The Hall–Kier alpha value is -1.16. The van der Waals surface area contributed by atoms with Gasteiger partial charge in [-0.05, 0) is 18.9 Å².